The van der Waals surface area contributed by atoms with Crippen LogP contribution in [0.5, 0.6) is 5.75 Å². The monoisotopic (exact) mass is 431 g/mol. The zero-order valence-corrected chi connectivity index (χ0v) is 17.7. The highest BCUT2D eigenvalue weighted by Crippen LogP contribution is 2.30. The third-order valence-electron chi connectivity index (χ3n) is 4.98. The number of pyridine rings is 1. The van der Waals surface area contributed by atoms with Gasteiger partial charge in [-0.3, -0.25) is 9.78 Å². The number of aromatic nitrogens is 2. The van der Waals surface area contributed by atoms with E-state index in [1.165, 1.54) is 0 Å². The molecule has 0 radical (unpaired) electrons. The number of nitrogens with zero attached hydrogens (tertiary/aromatic N) is 2. The lowest BCUT2D eigenvalue weighted by atomic mass is 10.2. The van der Waals surface area contributed by atoms with E-state index in [1.807, 2.05) is 65.2 Å². The third kappa shape index (κ3) is 4.62. The summed E-state index contributed by atoms with van der Waals surface area (Å²) in [5.41, 5.74) is 3.35. The van der Waals surface area contributed by atoms with Crippen LogP contribution in [-0.2, 0) is 13.1 Å². The van der Waals surface area contributed by atoms with Gasteiger partial charge in [-0.25, -0.2) is 0 Å². The van der Waals surface area contributed by atoms with Crippen molar-refractivity contribution in [2.45, 2.75) is 13.1 Å². The van der Waals surface area contributed by atoms with Crippen LogP contribution in [0.3, 0.4) is 0 Å². The second-order valence-electron chi connectivity index (χ2n) is 7.03. The van der Waals surface area contributed by atoms with Crippen LogP contribution in [0.1, 0.15) is 21.6 Å². The lowest BCUT2D eigenvalue weighted by Crippen LogP contribution is -2.25. The number of fused-ring (bicyclic) bond motifs is 1. The molecule has 4 aromatic rings. The summed E-state index contributed by atoms with van der Waals surface area (Å²) in [5.74, 6) is 0.535. The Kier molecular flexibility index (Phi) is 6.34. The number of rotatable bonds is 8. The summed E-state index contributed by atoms with van der Waals surface area (Å²) in [6.07, 6.45) is 5.11. The largest absolute Gasteiger partial charge is 0.489 e. The maximum absolute atomic E-state index is 13.2. The van der Waals surface area contributed by atoms with Crippen molar-refractivity contribution in [1.29, 1.82) is 0 Å². The Labute approximate surface area is 185 Å². The third-order valence-corrected chi connectivity index (χ3v) is 5.35. The quantitative estimate of drug-likeness (QED) is 0.388. The number of benzene rings is 2. The van der Waals surface area contributed by atoms with Crippen LogP contribution in [-0.4, -0.2) is 22.1 Å². The number of carbonyl (C=O) groups is 1. The second kappa shape index (κ2) is 9.49. The lowest BCUT2D eigenvalue weighted by Gasteiger charge is -2.13. The highest BCUT2D eigenvalue weighted by Gasteiger charge is 2.19. The highest BCUT2D eigenvalue weighted by molar-refractivity contribution is 6.31. The van der Waals surface area contributed by atoms with Crippen LogP contribution in [0.15, 0.2) is 85.7 Å². The normalized spacial score (nSPS) is 10.7. The molecule has 0 aliphatic heterocycles. The van der Waals surface area contributed by atoms with Gasteiger partial charge >= 0.3 is 0 Å². The maximum atomic E-state index is 13.2. The molecule has 6 heteroatoms. The standard InChI is InChI=1S/C25H22ClN3O2/c1-2-14-31-24-9-5-8-22-20(24)15-23(25(30)28-16-18-10-12-27-13-11-18)29(22)17-19-6-3-4-7-21(19)26/h2-13,15H,1,14,16-17H2,(H,28,30). The van der Waals surface area contributed by atoms with E-state index in [0.29, 0.717) is 36.2 Å². The number of halogens is 1. The van der Waals surface area contributed by atoms with E-state index in [0.717, 1.165) is 22.0 Å². The predicted molar refractivity (Wildman–Crippen MR) is 124 cm³/mol. The molecule has 0 unspecified atom stereocenters. The molecular weight excluding hydrogens is 410 g/mol. The van der Waals surface area contributed by atoms with Crippen molar-refractivity contribution in [1.82, 2.24) is 14.9 Å². The minimum Gasteiger partial charge on any atom is -0.489 e. The van der Waals surface area contributed by atoms with Gasteiger partial charge in [0.1, 0.15) is 18.1 Å². The molecule has 156 valence electrons. The lowest BCUT2D eigenvalue weighted by molar-refractivity contribution is 0.0942. The Morgan fingerprint density at radius 2 is 1.94 bits per heavy atom. The van der Waals surface area contributed by atoms with E-state index in [4.69, 9.17) is 16.3 Å². The summed E-state index contributed by atoms with van der Waals surface area (Å²) in [6, 6.07) is 19.1. The van der Waals surface area contributed by atoms with Gasteiger partial charge in [-0.15, -0.1) is 0 Å². The number of nitrogens with one attached hydrogen (secondary N) is 1. The smallest absolute Gasteiger partial charge is 0.268 e. The molecular formula is C25H22ClN3O2. The van der Waals surface area contributed by atoms with Gasteiger partial charge in [0.05, 0.1) is 5.52 Å². The van der Waals surface area contributed by atoms with Gasteiger partial charge < -0.3 is 14.6 Å². The Balaban J connectivity index is 1.73. The van der Waals surface area contributed by atoms with Gasteiger partial charge in [0.2, 0.25) is 0 Å². The molecule has 4 rings (SSSR count). The average molecular weight is 432 g/mol. The van der Waals surface area contributed by atoms with Crippen LogP contribution in [0.2, 0.25) is 5.02 Å². The summed E-state index contributed by atoms with van der Waals surface area (Å²) in [5, 5.41) is 4.53. The summed E-state index contributed by atoms with van der Waals surface area (Å²) in [7, 11) is 0. The molecule has 5 nitrogen and oxygen atoms in total. The first-order valence-electron chi connectivity index (χ1n) is 9.94. The van der Waals surface area contributed by atoms with Crippen molar-refractivity contribution in [3.05, 3.63) is 108 Å². The molecule has 0 fully saturated rings. The van der Waals surface area contributed by atoms with Crippen molar-refractivity contribution in [2.75, 3.05) is 6.61 Å². The van der Waals surface area contributed by atoms with Gasteiger partial charge in [-0.2, -0.15) is 0 Å². The van der Waals surface area contributed by atoms with Crippen LogP contribution >= 0.6 is 11.6 Å². The molecule has 2 aromatic heterocycles. The fourth-order valence-corrected chi connectivity index (χ4v) is 3.66. The van der Waals surface area contributed by atoms with Gasteiger partial charge in [0.25, 0.3) is 5.91 Å². The molecule has 31 heavy (non-hydrogen) atoms. The van der Waals surface area contributed by atoms with E-state index in [1.54, 1.807) is 18.5 Å². The zero-order valence-electron chi connectivity index (χ0n) is 16.9. The van der Waals surface area contributed by atoms with Crippen LogP contribution in [0, 0.1) is 0 Å². The Morgan fingerprint density at radius 1 is 1.13 bits per heavy atom. The SMILES string of the molecule is C=CCOc1cccc2c1cc(C(=O)NCc1ccncc1)n2Cc1ccccc1Cl. The summed E-state index contributed by atoms with van der Waals surface area (Å²) in [4.78, 5) is 17.2. The molecule has 0 saturated carbocycles. The van der Waals surface area contributed by atoms with E-state index in [-0.39, 0.29) is 5.91 Å². The summed E-state index contributed by atoms with van der Waals surface area (Å²) in [6.45, 7) is 4.98. The fraction of sp³-hybridized carbons (Fsp3) is 0.120. The molecule has 0 aliphatic rings. The van der Waals surface area contributed by atoms with Gasteiger partial charge in [0, 0.05) is 35.9 Å². The van der Waals surface area contributed by atoms with Crippen molar-refractivity contribution in [2.24, 2.45) is 0 Å². The Morgan fingerprint density at radius 3 is 2.71 bits per heavy atom. The second-order valence-corrected chi connectivity index (χ2v) is 7.44. The van der Waals surface area contributed by atoms with Gasteiger partial charge in [0.15, 0.2) is 0 Å². The van der Waals surface area contributed by atoms with Gasteiger partial charge in [-0.05, 0) is 47.5 Å². The molecule has 1 amide bonds. The maximum Gasteiger partial charge on any atom is 0.268 e. The number of hydrogen-bond donors (Lipinski definition) is 1. The highest BCUT2D eigenvalue weighted by atomic mass is 35.5. The number of ether oxygens (including phenoxy) is 1. The molecule has 0 spiro atoms. The minimum atomic E-state index is -0.172. The Hall–Kier alpha value is -3.57. The van der Waals surface area contributed by atoms with E-state index in [2.05, 4.69) is 16.9 Å². The van der Waals surface area contributed by atoms with E-state index < -0.39 is 0 Å². The first-order chi connectivity index (χ1) is 15.2. The van der Waals surface area contributed by atoms with Crippen LogP contribution in [0.4, 0.5) is 0 Å². The molecule has 0 saturated heterocycles. The molecule has 0 aliphatic carbocycles. The Bertz CT molecular complexity index is 1220. The summed E-state index contributed by atoms with van der Waals surface area (Å²) < 4.78 is 7.80. The van der Waals surface area contributed by atoms with Crippen molar-refractivity contribution < 1.29 is 9.53 Å². The van der Waals surface area contributed by atoms with E-state index >= 15 is 0 Å². The molecule has 0 bridgehead atoms. The topological polar surface area (TPSA) is 56.1 Å². The first-order valence-corrected chi connectivity index (χ1v) is 10.3. The zero-order chi connectivity index (χ0) is 21.6. The number of hydrogen-bond acceptors (Lipinski definition) is 3. The van der Waals surface area contributed by atoms with Crippen molar-refractivity contribution in [3.63, 3.8) is 0 Å². The number of amides is 1. The molecule has 2 heterocycles. The first kappa shape index (κ1) is 20.7. The van der Waals surface area contributed by atoms with E-state index in [9.17, 15) is 4.79 Å². The minimum absolute atomic E-state index is 0.172. The predicted octanol–water partition coefficient (Wildman–Crippen LogP) is 5.23. The van der Waals surface area contributed by atoms with Crippen LogP contribution < -0.4 is 10.1 Å². The summed E-state index contributed by atoms with van der Waals surface area (Å²) >= 11 is 6.41. The molecule has 1 N–H and O–H groups in total. The molecule has 2 aromatic carbocycles. The van der Waals surface area contributed by atoms with Crippen molar-refractivity contribution >= 4 is 28.4 Å². The molecule has 0 atom stereocenters. The van der Waals surface area contributed by atoms with Gasteiger partial charge in [-0.1, -0.05) is 48.5 Å². The number of carbonyl (C=O) groups excluding carboxylic acids is 1. The van der Waals surface area contributed by atoms with Crippen molar-refractivity contribution in [3.8, 4) is 5.75 Å². The average Bonchev–Trinajstić information content (AvgIpc) is 3.17. The van der Waals surface area contributed by atoms with Crippen LogP contribution in [0.25, 0.3) is 10.9 Å². The fourth-order valence-electron chi connectivity index (χ4n) is 3.46.